The summed E-state index contributed by atoms with van der Waals surface area (Å²) in [6.07, 6.45) is 6.04. The molecule has 146 valence electrons. The predicted molar refractivity (Wildman–Crippen MR) is 108 cm³/mol. The van der Waals surface area contributed by atoms with Gasteiger partial charge in [-0.1, -0.05) is 24.6 Å². The van der Waals surface area contributed by atoms with Crippen molar-refractivity contribution >= 4 is 29.2 Å². The number of carbonyl (C=O) groups excluding carboxylic acids is 1. The molecule has 2 aromatic rings. The number of nitrogens with one attached hydrogen (secondary N) is 2. The molecule has 5 nitrogen and oxygen atoms in total. The lowest BCUT2D eigenvalue weighted by molar-refractivity contribution is -0.143. The zero-order valence-electron chi connectivity index (χ0n) is 15.6. The van der Waals surface area contributed by atoms with Gasteiger partial charge in [0.1, 0.15) is 5.60 Å². The van der Waals surface area contributed by atoms with Crippen molar-refractivity contribution in [1.82, 2.24) is 15.2 Å². The first-order valence-electron chi connectivity index (χ1n) is 10.0. The Morgan fingerprint density at radius 3 is 2.78 bits per heavy atom. The summed E-state index contributed by atoms with van der Waals surface area (Å²) in [4.78, 5) is 18.5. The number of fused-ring (bicyclic) bond motifs is 4. The maximum Gasteiger partial charge on any atom is 0.239 e. The molecule has 0 aliphatic carbocycles. The molecule has 6 heteroatoms. The van der Waals surface area contributed by atoms with Crippen molar-refractivity contribution < 1.29 is 9.53 Å². The number of ether oxygens (including phenoxy) is 1. The van der Waals surface area contributed by atoms with Crippen LogP contribution >= 0.6 is 12.4 Å². The maximum absolute atomic E-state index is 12.8. The third-order valence-electron chi connectivity index (χ3n) is 6.49. The molecule has 3 aliphatic rings. The van der Waals surface area contributed by atoms with Crippen LogP contribution in [0, 0.1) is 0 Å². The molecule has 2 N–H and O–H groups in total. The van der Waals surface area contributed by atoms with Gasteiger partial charge in [0.05, 0.1) is 18.3 Å². The van der Waals surface area contributed by atoms with Gasteiger partial charge in [0, 0.05) is 24.0 Å². The Bertz CT molecular complexity index is 820. The number of H-pyrrole nitrogens is 1. The van der Waals surface area contributed by atoms with E-state index in [0.717, 1.165) is 58.3 Å². The first-order chi connectivity index (χ1) is 12.8. The molecule has 0 unspecified atom stereocenters. The molecule has 2 fully saturated rings. The summed E-state index contributed by atoms with van der Waals surface area (Å²) in [7, 11) is 0. The lowest BCUT2D eigenvalue weighted by atomic mass is 9.83. The molecular weight excluding hydrogens is 362 g/mol. The van der Waals surface area contributed by atoms with Crippen LogP contribution in [-0.2, 0) is 21.6 Å². The number of para-hydroxylation sites is 1. The molecule has 5 rings (SSSR count). The molecule has 0 saturated carbocycles. The number of nitrogens with zero attached hydrogens (tertiary/aromatic N) is 1. The monoisotopic (exact) mass is 389 g/mol. The van der Waals surface area contributed by atoms with Crippen molar-refractivity contribution in [2.75, 3.05) is 26.2 Å². The average molecular weight is 390 g/mol. The molecule has 1 aromatic heterocycles. The van der Waals surface area contributed by atoms with E-state index in [1.54, 1.807) is 0 Å². The van der Waals surface area contributed by atoms with Gasteiger partial charge in [-0.15, -0.1) is 12.4 Å². The van der Waals surface area contributed by atoms with Gasteiger partial charge in [-0.2, -0.15) is 0 Å². The van der Waals surface area contributed by atoms with Crippen LogP contribution in [0.4, 0.5) is 0 Å². The normalized spacial score (nSPS) is 24.4. The fourth-order valence-electron chi connectivity index (χ4n) is 5.03. The molecule has 27 heavy (non-hydrogen) atoms. The number of aromatic nitrogens is 1. The number of likely N-dealkylation sites (tertiary alicyclic amines) is 1. The number of carbonyl (C=O) groups is 1. The fraction of sp³-hybridized carbons (Fsp3) is 0.571. The first kappa shape index (κ1) is 18.8. The Morgan fingerprint density at radius 1 is 1.19 bits per heavy atom. The predicted octanol–water partition coefficient (Wildman–Crippen LogP) is 3.12. The third kappa shape index (κ3) is 3.16. The highest BCUT2D eigenvalue weighted by Crippen LogP contribution is 2.43. The number of aromatic amines is 1. The number of hydrogen-bond acceptors (Lipinski definition) is 3. The Kier molecular flexibility index (Phi) is 5.19. The van der Waals surface area contributed by atoms with Crippen LogP contribution in [0.5, 0.6) is 0 Å². The number of benzene rings is 1. The Hall–Kier alpha value is -1.56. The molecule has 1 aromatic carbocycles. The lowest BCUT2D eigenvalue weighted by Gasteiger charge is -2.44. The maximum atomic E-state index is 12.8. The summed E-state index contributed by atoms with van der Waals surface area (Å²) in [5, 5.41) is 4.72. The van der Waals surface area contributed by atoms with Gasteiger partial charge in [-0.05, 0) is 50.3 Å². The van der Waals surface area contributed by atoms with E-state index in [4.69, 9.17) is 4.74 Å². The zero-order valence-corrected chi connectivity index (χ0v) is 16.4. The van der Waals surface area contributed by atoms with E-state index in [1.807, 2.05) is 0 Å². The Labute approximate surface area is 166 Å². The van der Waals surface area contributed by atoms with Crippen molar-refractivity contribution in [3.8, 4) is 0 Å². The third-order valence-corrected chi connectivity index (χ3v) is 6.49. The van der Waals surface area contributed by atoms with Crippen molar-refractivity contribution in [2.45, 2.75) is 50.2 Å². The van der Waals surface area contributed by atoms with Crippen molar-refractivity contribution in [2.24, 2.45) is 0 Å². The summed E-state index contributed by atoms with van der Waals surface area (Å²) in [6.45, 7) is 3.31. The fourth-order valence-corrected chi connectivity index (χ4v) is 5.03. The largest absolute Gasteiger partial charge is 0.368 e. The summed E-state index contributed by atoms with van der Waals surface area (Å²) in [5.74, 6) is 0.284. The molecule has 1 atom stereocenters. The van der Waals surface area contributed by atoms with E-state index < -0.39 is 0 Å². The summed E-state index contributed by atoms with van der Waals surface area (Å²) in [5.41, 5.74) is 3.63. The van der Waals surface area contributed by atoms with Crippen LogP contribution in [0.3, 0.4) is 0 Å². The minimum Gasteiger partial charge on any atom is -0.368 e. The molecule has 1 amide bonds. The van der Waals surface area contributed by atoms with Gasteiger partial charge < -0.3 is 19.9 Å². The van der Waals surface area contributed by atoms with E-state index >= 15 is 0 Å². The van der Waals surface area contributed by atoms with Crippen LogP contribution in [0.15, 0.2) is 24.3 Å². The van der Waals surface area contributed by atoms with Crippen molar-refractivity contribution in [3.05, 3.63) is 35.5 Å². The summed E-state index contributed by atoms with van der Waals surface area (Å²) in [6, 6.07) is 8.56. The number of halogens is 1. The number of amides is 1. The van der Waals surface area contributed by atoms with E-state index in [9.17, 15) is 4.79 Å². The minimum atomic E-state index is -0.247. The van der Waals surface area contributed by atoms with E-state index in [-0.39, 0.29) is 30.0 Å². The van der Waals surface area contributed by atoms with Gasteiger partial charge in [0.25, 0.3) is 0 Å². The topological polar surface area (TPSA) is 57.4 Å². The van der Waals surface area contributed by atoms with E-state index in [0.29, 0.717) is 0 Å². The Balaban J connectivity index is 0.00000180. The van der Waals surface area contributed by atoms with Crippen LogP contribution in [-0.4, -0.2) is 48.1 Å². The minimum absolute atomic E-state index is 0. The van der Waals surface area contributed by atoms with E-state index in [2.05, 4.69) is 39.5 Å². The van der Waals surface area contributed by atoms with Gasteiger partial charge in [-0.25, -0.2) is 0 Å². The van der Waals surface area contributed by atoms with Gasteiger partial charge >= 0.3 is 0 Å². The Morgan fingerprint density at radius 2 is 2.00 bits per heavy atom. The van der Waals surface area contributed by atoms with Gasteiger partial charge in [-0.3, -0.25) is 4.79 Å². The van der Waals surface area contributed by atoms with Gasteiger partial charge in [0.15, 0.2) is 0 Å². The van der Waals surface area contributed by atoms with Crippen LogP contribution < -0.4 is 5.32 Å². The molecule has 0 bridgehead atoms. The molecule has 3 aliphatic heterocycles. The standard InChI is InChI=1S/C21H27N3O2.ClH/c25-20(18-7-3-4-11-22-18)24-12-9-21(10-13-24)19-16(8-14-26-21)15-5-1-2-6-17(15)23-19;/h1-2,5-6,18,22-23H,3-4,7-14H2;1H/t18-;/m0./s1. The number of hydrogen-bond donors (Lipinski definition) is 2. The van der Waals surface area contributed by atoms with Crippen molar-refractivity contribution in [1.29, 1.82) is 0 Å². The second kappa shape index (κ2) is 7.46. The molecule has 1 spiro atoms. The summed E-state index contributed by atoms with van der Waals surface area (Å²) < 4.78 is 6.35. The second-order valence-electron chi connectivity index (χ2n) is 7.94. The first-order valence-corrected chi connectivity index (χ1v) is 10.0. The van der Waals surface area contributed by atoms with Crippen LogP contribution in [0.2, 0.25) is 0 Å². The molecule has 0 radical (unpaired) electrons. The highest BCUT2D eigenvalue weighted by Gasteiger charge is 2.44. The summed E-state index contributed by atoms with van der Waals surface area (Å²) >= 11 is 0. The smallest absolute Gasteiger partial charge is 0.239 e. The number of piperidine rings is 2. The van der Waals surface area contributed by atoms with Crippen molar-refractivity contribution in [3.63, 3.8) is 0 Å². The molecular formula is C21H28ClN3O2. The zero-order chi connectivity index (χ0) is 17.6. The second-order valence-corrected chi connectivity index (χ2v) is 7.94. The SMILES string of the molecule is Cl.O=C([C@@H]1CCCCN1)N1CCC2(CC1)OCCc1c2[nH]c2ccccc12. The van der Waals surface area contributed by atoms with E-state index in [1.165, 1.54) is 28.6 Å². The highest BCUT2D eigenvalue weighted by molar-refractivity contribution is 5.86. The average Bonchev–Trinajstić information content (AvgIpc) is 3.09. The van der Waals surface area contributed by atoms with Gasteiger partial charge in [0.2, 0.25) is 5.91 Å². The lowest BCUT2D eigenvalue weighted by Crippen LogP contribution is -2.54. The highest BCUT2D eigenvalue weighted by atomic mass is 35.5. The number of rotatable bonds is 1. The quantitative estimate of drug-likeness (QED) is 0.787. The van der Waals surface area contributed by atoms with Crippen LogP contribution in [0.25, 0.3) is 10.9 Å². The molecule has 2 saturated heterocycles. The molecule has 4 heterocycles. The van der Waals surface area contributed by atoms with Crippen LogP contribution in [0.1, 0.15) is 43.4 Å².